The van der Waals surface area contributed by atoms with Gasteiger partial charge in [0.25, 0.3) is 5.91 Å². The molecule has 0 spiro atoms. The van der Waals surface area contributed by atoms with Crippen LogP contribution in [0.1, 0.15) is 23.4 Å². The monoisotopic (exact) mass is 419 g/mol. The Morgan fingerprint density at radius 1 is 1.27 bits per heavy atom. The summed E-state index contributed by atoms with van der Waals surface area (Å²) in [6, 6.07) is 13.5. The number of hydrogen-bond acceptors (Lipinski definition) is 4. The van der Waals surface area contributed by atoms with Gasteiger partial charge in [0, 0.05) is 31.9 Å². The molecule has 1 aromatic heterocycles. The summed E-state index contributed by atoms with van der Waals surface area (Å²) >= 11 is 3.17. The largest absolute Gasteiger partial charge is 0.444 e. The van der Waals surface area contributed by atoms with E-state index in [9.17, 15) is 9.59 Å². The molecular formula is C19H22BrN3O3. The number of nitrogens with zero attached hydrogens (tertiary/aromatic N) is 2. The van der Waals surface area contributed by atoms with Crippen molar-refractivity contribution in [2.75, 3.05) is 31.6 Å². The lowest BCUT2D eigenvalue weighted by Gasteiger charge is -2.35. The molecule has 1 aromatic carbocycles. The summed E-state index contributed by atoms with van der Waals surface area (Å²) in [5.74, 6) is -0.271. The van der Waals surface area contributed by atoms with Crippen LogP contribution < -0.4 is 10.2 Å². The van der Waals surface area contributed by atoms with Crippen molar-refractivity contribution in [2.24, 2.45) is 0 Å². The predicted molar refractivity (Wildman–Crippen MR) is 103 cm³/mol. The molecule has 3 rings (SSSR count). The lowest BCUT2D eigenvalue weighted by atomic mass is 10.0. The normalized spacial score (nSPS) is 17.0. The third-order valence-electron chi connectivity index (χ3n) is 4.42. The first kappa shape index (κ1) is 18.5. The highest BCUT2D eigenvalue weighted by Gasteiger charge is 2.23. The summed E-state index contributed by atoms with van der Waals surface area (Å²) < 4.78 is 5.74. The van der Waals surface area contributed by atoms with Crippen molar-refractivity contribution in [3.05, 3.63) is 52.9 Å². The quantitative estimate of drug-likeness (QED) is 0.808. The highest BCUT2D eigenvalue weighted by Crippen LogP contribution is 2.19. The van der Waals surface area contributed by atoms with Gasteiger partial charge in [0.2, 0.25) is 5.91 Å². The average molecular weight is 420 g/mol. The minimum Gasteiger partial charge on any atom is -0.444 e. The number of anilines is 1. The molecule has 0 bridgehead atoms. The van der Waals surface area contributed by atoms with Gasteiger partial charge < -0.3 is 19.5 Å². The summed E-state index contributed by atoms with van der Waals surface area (Å²) in [7, 11) is 1.59. The SMILES string of the molecule is CN(CC(=O)NC1CCCN(c2ccccc2)C1)C(=O)c1ccc(Br)o1. The van der Waals surface area contributed by atoms with Crippen LogP contribution in [0.25, 0.3) is 0 Å². The maximum atomic E-state index is 12.3. The summed E-state index contributed by atoms with van der Waals surface area (Å²) in [6.45, 7) is 1.76. The van der Waals surface area contributed by atoms with Crippen LogP contribution in [-0.2, 0) is 4.79 Å². The number of nitrogens with one attached hydrogen (secondary N) is 1. The molecule has 1 unspecified atom stereocenters. The van der Waals surface area contributed by atoms with Gasteiger partial charge in [-0.05, 0) is 53.0 Å². The van der Waals surface area contributed by atoms with Crippen LogP contribution >= 0.6 is 15.9 Å². The number of carbonyl (C=O) groups excluding carboxylic acids is 2. The van der Waals surface area contributed by atoms with Crippen LogP contribution in [0.15, 0.2) is 51.6 Å². The zero-order valence-electron chi connectivity index (χ0n) is 14.7. The molecule has 2 heterocycles. The minimum atomic E-state index is -0.319. The van der Waals surface area contributed by atoms with Gasteiger partial charge in [0.15, 0.2) is 10.4 Å². The molecule has 2 aromatic rings. The van der Waals surface area contributed by atoms with E-state index in [2.05, 4.69) is 38.3 Å². The molecule has 6 nitrogen and oxygen atoms in total. The van der Waals surface area contributed by atoms with Crippen molar-refractivity contribution in [1.29, 1.82) is 0 Å². The second kappa shape index (κ2) is 8.40. The van der Waals surface area contributed by atoms with E-state index in [1.165, 1.54) is 10.6 Å². The van der Waals surface area contributed by atoms with Gasteiger partial charge in [-0.25, -0.2) is 0 Å². The summed E-state index contributed by atoms with van der Waals surface area (Å²) in [5, 5.41) is 3.05. The Kier molecular flexibility index (Phi) is 5.98. The number of halogens is 1. The number of likely N-dealkylation sites (N-methyl/N-ethyl adjacent to an activating group) is 1. The second-order valence-corrected chi connectivity index (χ2v) is 7.23. The first-order valence-electron chi connectivity index (χ1n) is 8.63. The Balaban J connectivity index is 1.52. The number of piperidine rings is 1. The van der Waals surface area contributed by atoms with Gasteiger partial charge in [-0.2, -0.15) is 0 Å². The Morgan fingerprint density at radius 3 is 2.73 bits per heavy atom. The fourth-order valence-corrected chi connectivity index (χ4v) is 3.45. The molecule has 1 aliphatic rings. The van der Waals surface area contributed by atoms with E-state index in [1.807, 2.05) is 18.2 Å². The van der Waals surface area contributed by atoms with Gasteiger partial charge in [0.05, 0.1) is 6.54 Å². The molecule has 0 radical (unpaired) electrons. The number of benzene rings is 1. The van der Waals surface area contributed by atoms with Gasteiger partial charge in [-0.15, -0.1) is 0 Å². The van der Waals surface area contributed by atoms with Crippen molar-refractivity contribution in [3.8, 4) is 0 Å². The third kappa shape index (κ3) is 4.66. The van der Waals surface area contributed by atoms with E-state index in [-0.39, 0.29) is 30.2 Å². The Bertz CT molecular complexity index is 762. The molecule has 0 saturated carbocycles. The van der Waals surface area contributed by atoms with Crippen molar-refractivity contribution in [3.63, 3.8) is 0 Å². The molecule has 1 saturated heterocycles. The number of rotatable bonds is 5. The number of hydrogen-bond donors (Lipinski definition) is 1. The fourth-order valence-electron chi connectivity index (χ4n) is 3.15. The Morgan fingerprint density at radius 2 is 2.04 bits per heavy atom. The molecule has 1 atom stereocenters. The lowest BCUT2D eigenvalue weighted by Crippen LogP contribution is -2.50. The standard InChI is InChI=1S/C19H22BrN3O3/c1-22(19(25)16-9-10-17(20)26-16)13-18(24)21-14-6-5-11-23(12-14)15-7-3-2-4-8-15/h2-4,7-10,14H,5-6,11-13H2,1H3,(H,21,24). The topological polar surface area (TPSA) is 65.8 Å². The Labute approximate surface area is 161 Å². The zero-order chi connectivity index (χ0) is 18.5. The first-order valence-corrected chi connectivity index (χ1v) is 9.42. The van der Waals surface area contributed by atoms with E-state index in [4.69, 9.17) is 4.42 Å². The fraction of sp³-hybridized carbons (Fsp3) is 0.368. The zero-order valence-corrected chi connectivity index (χ0v) is 16.2. The van der Waals surface area contributed by atoms with E-state index >= 15 is 0 Å². The van der Waals surface area contributed by atoms with Gasteiger partial charge in [-0.1, -0.05) is 18.2 Å². The number of para-hydroxylation sites is 1. The highest BCUT2D eigenvalue weighted by atomic mass is 79.9. The van der Waals surface area contributed by atoms with Crippen molar-refractivity contribution < 1.29 is 14.0 Å². The molecule has 1 N–H and O–H groups in total. The van der Waals surface area contributed by atoms with Crippen molar-refractivity contribution in [1.82, 2.24) is 10.2 Å². The molecule has 138 valence electrons. The Hall–Kier alpha value is -2.28. The third-order valence-corrected chi connectivity index (χ3v) is 4.85. The van der Waals surface area contributed by atoms with Gasteiger partial charge >= 0.3 is 0 Å². The maximum absolute atomic E-state index is 12.3. The van der Waals surface area contributed by atoms with Crippen molar-refractivity contribution in [2.45, 2.75) is 18.9 Å². The first-order chi connectivity index (χ1) is 12.5. The van der Waals surface area contributed by atoms with Crippen LogP contribution in [0.4, 0.5) is 5.69 Å². The van der Waals surface area contributed by atoms with Crippen LogP contribution in [0.2, 0.25) is 0 Å². The average Bonchev–Trinajstić information content (AvgIpc) is 3.08. The molecule has 2 amide bonds. The highest BCUT2D eigenvalue weighted by molar-refractivity contribution is 9.10. The minimum absolute atomic E-state index is 0.00100. The molecule has 26 heavy (non-hydrogen) atoms. The van der Waals surface area contributed by atoms with E-state index in [1.54, 1.807) is 19.2 Å². The molecule has 1 fully saturated rings. The number of amides is 2. The smallest absolute Gasteiger partial charge is 0.289 e. The molecule has 1 aliphatic heterocycles. The number of carbonyl (C=O) groups is 2. The maximum Gasteiger partial charge on any atom is 0.289 e. The van der Waals surface area contributed by atoms with Crippen LogP contribution in [0.5, 0.6) is 0 Å². The van der Waals surface area contributed by atoms with Crippen LogP contribution in [-0.4, -0.2) is 49.4 Å². The van der Waals surface area contributed by atoms with E-state index in [0.717, 1.165) is 25.9 Å². The summed E-state index contributed by atoms with van der Waals surface area (Å²) in [5.41, 5.74) is 1.17. The van der Waals surface area contributed by atoms with E-state index < -0.39 is 0 Å². The number of furan rings is 1. The van der Waals surface area contributed by atoms with Crippen LogP contribution in [0.3, 0.4) is 0 Å². The van der Waals surface area contributed by atoms with Crippen LogP contribution in [0, 0.1) is 0 Å². The second-order valence-electron chi connectivity index (χ2n) is 6.45. The lowest BCUT2D eigenvalue weighted by molar-refractivity contribution is -0.122. The van der Waals surface area contributed by atoms with Gasteiger partial charge in [-0.3, -0.25) is 9.59 Å². The molecular weight excluding hydrogens is 398 g/mol. The predicted octanol–water partition coefficient (Wildman–Crippen LogP) is 2.90. The summed E-state index contributed by atoms with van der Waals surface area (Å²) in [6.07, 6.45) is 1.97. The van der Waals surface area contributed by atoms with E-state index in [0.29, 0.717) is 4.67 Å². The summed E-state index contributed by atoms with van der Waals surface area (Å²) in [4.78, 5) is 28.2. The van der Waals surface area contributed by atoms with Gasteiger partial charge in [0.1, 0.15) is 0 Å². The molecule has 0 aliphatic carbocycles. The van der Waals surface area contributed by atoms with Crippen molar-refractivity contribution >= 4 is 33.4 Å². The molecule has 7 heteroatoms.